The number of nitrogens with zero attached hydrogens (tertiary/aromatic N) is 1. The highest BCUT2D eigenvalue weighted by molar-refractivity contribution is 9.10. The predicted octanol–water partition coefficient (Wildman–Crippen LogP) is 2.00. The summed E-state index contributed by atoms with van der Waals surface area (Å²) in [6.45, 7) is 0. The number of carbonyl (C=O) groups excluding carboxylic acids is 1. The topological polar surface area (TPSA) is 79.5 Å². The molecule has 0 heterocycles. The highest BCUT2D eigenvalue weighted by Crippen LogP contribution is 2.16. The second kappa shape index (κ2) is 5.72. The van der Waals surface area contributed by atoms with Gasteiger partial charge in [0.2, 0.25) is 5.96 Å². The van der Waals surface area contributed by atoms with Gasteiger partial charge in [-0.15, -0.1) is 0 Å². The molecule has 0 spiro atoms. The molecule has 5 nitrogen and oxygen atoms in total. The molecule has 0 radical (unpaired) electrons. The van der Waals surface area contributed by atoms with Crippen molar-refractivity contribution in [1.82, 2.24) is 9.66 Å². The van der Waals surface area contributed by atoms with Crippen LogP contribution in [0.25, 0.3) is 0 Å². The Kier molecular flexibility index (Phi) is 4.57. The SMILES string of the molecule is NC(=Nc1ccc(Br)cc1)NC(=O)NBr. The van der Waals surface area contributed by atoms with Crippen LogP contribution in [-0.2, 0) is 0 Å². The van der Waals surface area contributed by atoms with E-state index in [2.05, 4.69) is 46.7 Å². The summed E-state index contributed by atoms with van der Waals surface area (Å²) in [4.78, 5) is 14.8. The molecule has 4 N–H and O–H groups in total. The molecule has 0 saturated heterocycles. The van der Waals surface area contributed by atoms with E-state index in [1.165, 1.54) is 0 Å². The van der Waals surface area contributed by atoms with E-state index in [1.54, 1.807) is 12.1 Å². The largest absolute Gasteiger partial charge is 0.369 e. The Morgan fingerprint density at radius 3 is 2.47 bits per heavy atom. The lowest BCUT2D eigenvalue weighted by Crippen LogP contribution is -2.39. The molecule has 0 atom stereocenters. The molecule has 0 aliphatic rings. The van der Waals surface area contributed by atoms with Crippen LogP contribution in [0.1, 0.15) is 0 Å². The minimum atomic E-state index is -0.478. The van der Waals surface area contributed by atoms with Crippen molar-refractivity contribution in [3.8, 4) is 0 Å². The van der Waals surface area contributed by atoms with E-state index in [4.69, 9.17) is 5.73 Å². The highest BCUT2D eigenvalue weighted by atomic mass is 79.9. The molecule has 0 bridgehead atoms. The van der Waals surface area contributed by atoms with Gasteiger partial charge in [-0.25, -0.2) is 9.79 Å². The minimum absolute atomic E-state index is 0.0225. The van der Waals surface area contributed by atoms with Crippen molar-refractivity contribution in [3.63, 3.8) is 0 Å². The molecule has 1 aromatic rings. The molecule has 0 aromatic heterocycles. The van der Waals surface area contributed by atoms with Crippen LogP contribution in [-0.4, -0.2) is 12.0 Å². The van der Waals surface area contributed by atoms with Gasteiger partial charge < -0.3 is 5.73 Å². The van der Waals surface area contributed by atoms with E-state index in [9.17, 15) is 4.79 Å². The number of hydrogen-bond acceptors (Lipinski definition) is 2. The zero-order valence-corrected chi connectivity index (χ0v) is 10.7. The number of guanidine groups is 1. The van der Waals surface area contributed by atoms with E-state index in [1.807, 2.05) is 12.1 Å². The summed E-state index contributed by atoms with van der Waals surface area (Å²) in [5, 5.41) is 2.31. The number of nitrogens with two attached hydrogens (primary N) is 1. The molecular formula is C8H8Br2N4O. The maximum absolute atomic E-state index is 10.8. The van der Waals surface area contributed by atoms with Crippen LogP contribution in [0.3, 0.4) is 0 Å². The fourth-order valence-corrected chi connectivity index (χ4v) is 1.19. The van der Waals surface area contributed by atoms with Crippen molar-refractivity contribution in [2.24, 2.45) is 10.7 Å². The Morgan fingerprint density at radius 2 is 1.93 bits per heavy atom. The molecule has 1 rings (SSSR count). The van der Waals surface area contributed by atoms with E-state index < -0.39 is 6.03 Å². The summed E-state index contributed by atoms with van der Waals surface area (Å²) in [7, 11) is 0. The van der Waals surface area contributed by atoms with Gasteiger partial charge in [-0.2, -0.15) is 0 Å². The third-order valence-electron chi connectivity index (χ3n) is 1.40. The number of rotatable bonds is 1. The number of hydrogen-bond donors (Lipinski definition) is 3. The number of carbonyl (C=O) groups is 1. The Bertz CT molecular complexity index is 377. The smallest absolute Gasteiger partial charge is 0.331 e. The van der Waals surface area contributed by atoms with Crippen LogP contribution < -0.4 is 15.4 Å². The summed E-state index contributed by atoms with van der Waals surface area (Å²) in [6, 6.07) is 6.72. The lowest BCUT2D eigenvalue weighted by Gasteiger charge is -2.01. The third kappa shape index (κ3) is 4.30. The molecule has 0 saturated carbocycles. The van der Waals surface area contributed by atoms with Crippen molar-refractivity contribution < 1.29 is 4.79 Å². The Labute approximate surface area is 104 Å². The molecule has 0 aliphatic carbocycles. The third-order valence-corrected chi connectivity index (χ3v) is 2.29. The van der Waals surface area contributed by atoms with E-state index in [-0.39, 0.29) is 5.96 Å². The number of aliphatic imine (C=N–C) groups is 1. The van der Waals surface area contributed by atoms with Crippen LogP contribution in [0.15, 0.2) is 33.7 Å². The zero-order valence-electron chi connectivity index (χ0n) is 7.50. The average molecular weight is 336 g/mol. The molecule has 1 aromatic carbocycles. The van der Waals surface area contributed by atoms with E-state index in [0.29, 0.717) is 5.69 Å². The fraction of sp³-hybridized carbons (Fsp3) is 0. The Balaban J connectivity index is 2.70. The van der Waals surface area contributed by atoms with Crippen molar-refractivity contribution >= 4 is 49.8 Å². The number of amides is 2. The van der Waals surface area contributed by atoms with Gasteiger partial charge in [0.1, 0.15) is 0 Å². The first-order chi connectivity index (χ1) is 7.11. The van der Waals surface area contributed by atoms with Gasteiger partial charge in [-0.3, -0.25) is 9.66 Å². The van der Waals surface area contributed by atoms with E-state index in [0.717, 1.165) is 4.47 Å². The lowest BCUT2D eigenvalue weighted by molar-refractivity contribution is 0.251. The van der Waals surface area contributed by atoms with Gasteiger partial charge in [-0.1, -0.05) is 15.9 Å². The number of nitrogens with one attached hydrogen (secondary N) is 2. The Morgan fingerprint density at radius 1 is 1.33 bits per heavy atom. The molecule has 7 heteroatoms. The first-order valence-electron chi connectivity index (χ1n) is 3.89. The zero-order chi connectivity index (χ0) is 11.3. The number of urea groups is 1. The summed E-state index contributed by atoms with van der Waals surface area (Å²) in [5.41, 5.74) is 6.12. The summed E-state index contributed by atoms with van der Waals surface area (Å²) in [6.07, 6.45) is 0. The van der Waals surface area contributed by atoms with Crippen LogP contribution in [0, 0.1) is 0 Å². The average Bonchev–Trinajstić information content (AvgIpc) is 2.21. The quantitative estimate of drug-likeness (QED) is 0.417. The second-order valence-electron chi connectivity index (χ2n) is 2.52. The van der Waals surface area contributed by atoms with Gasteiger partial charge in [0.25, 0.3) is 0 Å². The van der Waals surface area contributed by atoms with Gasteiger partial charge >= 0.3 is 6.03 Å². The van der Waals surface area contributed by atoms with Gasteiger partial charge in [0.15, 0.2) is 0 Å². The molecule has 0 aliphatic heterocycles. The fourth-order valence-electron chi connectivity index (χ4n) is 0.823. The highest BCUT2D eigenvalue weighted by Gasteiger charge is 1.99. The van der Waals surface area contributed by atoms with Gasteiger partial charge in [0.05, 0.1) is 21.8 Å². The van der Waals surface area contributed by atoms with Gasteiger partial charge in [0, 0.05) is 4.47 Å². The molecular weight excluding hydrogens is 328 g/mol. The standard InChI is InChI=1S/C8H8Br2N4O/c9-5-1-3-6(4-2-5)12-7(11)13-8(15)14-10/h1-4H,(H4,11,12,13,14,15). The van der Waals surface area contributed by atoms with Crippen LogP contribution in [0.4, 0.5) is 10.5 Å². The van der Waals surface area contributed by atoms with Crippen LogP contribution in [0.2, 0.25) is 0 Å². The normalized spacial score (nSPS) is 10.9. The van der Waals surface area contributed by atoms with Crippen LogP contribution in [0.5, 0.6) is 0 Å². The van der Waals surface area contributed by atoms with Crippen molar-refractivity contribution in [3.05, 3.63) is 28.7 Å². The molecule has 15 heavy (non-hydrogen) atoms. The Hall–Kier alpha value is -1.08. The van der Waals surface area contributed by atoms with Crippen molar-refractivity contribution in [2.75, 3.05) is 0 Å². The van der Waals surface area contributed by atoms with Crippen LogP contribution >= 0.6 is 32.1 Å². The summed E-state index contributed by atoms with van der Waals surface area (Å²) >= 11 is 6.06. The minimum Gasteiger partial charge on any atom is -0.369 e. The summed E-state index contributed by atoms with van der Waals surface area (Å²) < 4.78 is 3.14. The van der Waals surface area contributed by atoms with Crippen molar-refractivity contribution in [2.45, 2.75) is 0 Å². The molecule has 80 valence electrons. The maximum atomic E-state index is 10.8. The first-order valence-corrected chi connectivity index (χ1v) is 5.48. The maximum Gasteiger partial charge on any atom is 0.331 e. The second-order valence-corrected chi connectivity index (χ2v) is 3.83. The first kappa shape index (κ1) is 12.0. The molecule has 0 fully saturated rings. The number of halogens is 2. The summed E-state index contributed by atoms with van der Waals surface area (Å²) in [5.74, 6) is 0.0225. The lowest BCUT2D eigenvalue weighted by atomic mass is 10.3. The molecule has 2 amide bonds. The number of benzene rings is 1. The molecule has 0 unspecified atom stereocenters. The van der Waals surface area contributed by atoms with Gasteiger partial charge in [-0.05, 0) is 24.3 Å². The monoisotopic (exact) mass is 334 g/mol. The van der Waals surface area contributed by atoms with E-state index >= 15 is 0 Å². The predicted molar refractivity (Wildman–Crippen MR) is 66.0 cm³/mol. The van der Waals surface area contributed by atoms with Crippen molar-refractivity contribution in [1.29, 1.82) is 0 Å².